The number of methoxy groups -OCH3 is 1. The number of para-hydroxylation sites is 1. The van der Waals surface area contributed by atoms with E-state index < -0.39 is 0 Å². The van der Waals surface area contributed by atoms with Crippen LogP contribution in [0.25, 0.3) is 0 Å². The minimum atomic E-state index is -0.349. The van der Waals surface area contributed by atoms with Crippen molar-refractivity contribution in [2.45, 2.75) is 43.6 Å². The summed E-state index contributed by atoms with van der Waals surface area (Å²) in [6, 6.07) is 7.95. The normalized spacial score (nSPS) is 25.4. The van der Waals surface area contributed by atoms with Crippen molar-refractivity contribution in [1.29, 1.82) is 0 Å². The van der Waals surface area contributed by atoms with Crippen LogP contribution in [0.4, 0.5) is 0 Å². The third-order valence-electron chi connectivity index (χ3n) is 5.48. The number of hydrogen-bond acceptors (Lipinski definition) is 3. The molecule has 124 valence electrons. The third kappa shape index (κ3) is 2.85. The molecule has 4 rings (SSSR count). The molecule has 0 N–H and O–H groups in total. The molecule has 23 heavy (non-hydrogen) atoms. The van der Waals surface area contributed by atoms with Gasteiger partial charge in [-0.25, -0.2) is 0 Å². The van der Waals surface area contributed by atoms with Crippen LogP contribution in [0.3, 0.4) is 0 Å². The molecule has 1 aliphatic heterocycles. The van der Waals surface area contributed by atoms with Crippen LogP contribution < -0.4 is 4.74 Å². The van der Waals surface area contributed by atoms with Crippen molar-refractivity contribution in [2.75, 3.05) is 26.8 Å². The molecule has 0 spiro atoms. The fraction of sp³-hybridized carbons (Fsp3) is 0.632. The molecule has 1 heterocycles. The van der Waals surface area contributed by atoms with Gasteiger partial charge in [0, 0.05) is 25.3 Å². The minimum Gasteiger partial charge on any atom is -0.496 e. The fourth-order valence-corrected chi connectivity index (χ4v) is 3.67. The summed E-state index contributed by atoms with van der Waals surface area (Å²) in [4.78, 5) is 15.1. The topological polar surface area (TPSA) is 38.8 Å². The van der Waals surface area contributed by atoms with Crippen LogP contribution in [0.2, 0.25) is 0 Å². The zero-order valence-corrected chi connectivity index (χ0v) is 13.8. The Labute approximate surface area is 137 Å². The number of benzene rings is 1. The highest BCUT2D eigenvalue weighted by molar-refractivity contribution is 5.92. The molecule has 2 saturated carbocycles. The Morgan fingerprint density at radius 2 is 2.04 bits per heavy atom. The van der Waals surface area contributed by atoms with Gasteiger partial charge in [0.25, 0.3) is 0 Å². The summed E-state index contributed by atoms with van der Waals surface area (Å²) >= 11 is 0. The van der Waals surface area contributed by atoms with E-state index >= 15 is 0 Å². The summed E-state index contributed by atoms with van der Waals surface area (Å²) in [5.74, 6) is 1.88. The summed E-state index contributed by atoms with van der Waals surface area (Å²) < 4.78 is 11.5. The first-order valence-corrected chi connectivity index (χ1v) is 8.77. The van der Waals surface area contributed by atoms with Crippen LogP contribution >= 0.6 is 0 Å². The van der Waals surface area contributed by atoms with Crippen molar-refractivity contribution in [3.63, 3.8) is 0 Å². The van der Waals surface area contributed by atoms with E-state index in [-0.39, 0.29) is 17.4 Å². The first-order valence-electron chi connectivity index (χ1n) is 8.77. The first kappa shape index (κ1) is 15.0. The van der Waals surface area contributed by atoms with E-state index in [1.165, 1.54) is 12.8 Å². The second-order valence-electron chi connectivity index (χ2n) is 7.22. The SMILES string of the molecule is COc1ccccc1C1(C(=O)N2CCC(OCC3CC3)C2)CC1. The van der Waals surface area contributed by atoms with Crippen molar-refractivity contribution in [3.8, 4) is 5.75 Å². The van der Waals surface area contributed by atoms with Crippen molar-refractivity contribution in [2.24, 2.45) is 5.92 Å². The van der Waals surface area contributed by atoms with Gasteiger partial charge < -0.3 is 14.4 Å². The van der Waals surface area contributed by atoms with Crippen LogP contribution in [-0.2, 0) is 14.9 Å². The average Bonchev–Trinajstić information content (AvgIpc) is 3.51. The molecule has 3 fully saturated rings. The molecular formula is C19H25NO3. The molecule has 3 aliphatic rings. The smallest absolute Gasteiger partial charge is 0.233 e. The Hall–Kier alpha value is -1.55. The summed E-state index contributed by atoms with van der Waals surface area (Å²) in [6.07, 6.45) is 5.68. The zero-order valence-electron chi connectivity index (χ0n) is 13.8. The summed E-state index contributed by atoms with van der Waals surface area (Å²) in [6.45, 7) is 2.46. The van der Waals surface area contributed by atoms with Gasteiger partial charge in [-0.3, -0.25) is 4.79 Å². The van der Waals surface area contributed by atoms with E-state index in [1.807, 2.05) is 29.2 Å². The van der Waals surface area contributed by atoms with Gasteiger partial charge in [0.1, 0.15) is 5.75 Å². The largest absolute Gasteiger partial charge is 0.496 e. The van der Waals surface area contributed by atoms with E-state index in [4.69, 9.17) is 9.47 Å². The standard InChI is InChI=1S/C19H25NO3/c1-22-17-5-3-2-4-16(17)19(9-10-19)18(21)20-11-8-15(12-20)23-13-14-6-7-14/h2-5,14-15H,6-13H2,1H3. The molecule has 1 aromatic carbocycles. The molecule has 2 aliphatic carbocycles. The Balaban J connectivity index is 1.44. The molecule has 1 atom stereocenters. The lowest BCUT2D eigenvalue weighted by Crippen LogP contribution is -2.38. The second-order valence-corrected chi connectivity index (χ2v) is 7.22. The highest BCUT2D eigenvalue weighted by atomic mass is 16.5. The lowest BCUT2D eigenvalue weighted by molar-refractivity contribution is -0.133. The van der Waals surface area contributed by atoms with Crippen LogP contribution in [0.15, 0.2) is 24.3 Å². The molecule has 0 bridgehead atoms. The van der Waals surface area contributed by atoms with Gasteiger partial charge in [-0.05, 0) is 44.1 Å². The quantitative estimate of drug-likeness (QED) is 0.810. The number of nitrogens with zero attached hydrogens (tertiary/aromatic N) is 1. The molecule has 0 aromatic heterocycles. The van der Waals surface area contributed by atoms with Crippen molar-refractivity contribution < 1.29 is 14.3 Å². The Morgan fingerprint density at radius 3 is 2.74 bits per heavy atom. The van der Waals surface area contributed by atoms with Gasteiger partial charge in [0.05, 0.1) is 18.6 Å². The van der Waals surface area contributed by atoms with Crippen LogP contribution in [0, 0.1) is 5.92 Å². The molecule has 1 aromatic rings. The number of likely N-dealkylation sites (tertiary alicyclic amines) is 1. The molecule has 4 nitrogen and oxygen atoms in total. The Kier molecular flexibility index (Phi) is 3.80. The van der Waals surface area contributed by atoms with Gasteiger partial charge in [-0.1, -0.05) is 18.2 Å². The van der Waals surface area contributed by atoms with Crippen LogP contribution in [0.5, 0.6) is 5.75 Å². The molecular weight excluding hydrogens is 290 g/mol. The fourth-order valence-electron chi connectivity index (χ4n) is 3.67. The number of hydrogen-bond donors (Lipinski definition) is 0. The van der Waals surface area contributed by atoms with Crippen molar-refractivity contribution >= 4 is 5.91 Å². The number of carbonyl (C=O) groups excluding carboxylic acids is 1. The van der Waals surface area contributed by atoms with E-state index in [2.05, 4.69) is 0 Å². The maximum Gasteiger partial charge on any atom is 0.233 e. The lowest BCUT2D eigenvalue weighted by atomic mass is 9.93. The summed E-state index contributed by atoms with van der Waals surface area (Å²) in [5.41, 5.74) is 0.702. The second kappa shape index (κ2) is 5.82. The zero-order chi connectivity index (χ0) is 15.9. The highest BCUT2D eigenvalue weighted by Crippen LogP contribution is 2.52. The van der Waals surface area contributed by atoms with Gasteiger partial charge in [0.15, 0.2) is 0 Å². The minimum absolute atomic E-state index is 0.230. The van der Waals surface area contributed by atoms with Gasteiger partial charge in [-0.15, -0.1) is 0 Å². The first-order chi connectivity index (χ1) is 11.2. The van der Waals surface area contributed by atoms with E-state index in [1.54, 1.807) is 7.11 Å². The maximum atomic E-state index is 13.1. The van der Waals surface area contributed by atoms with Gasteiger partial charge in [0.2, 0.25) is 5.91 Å². The molecule has 1 saturated heterocycles. The molecule has 1 unspecified atom stereocenters. The maximum absolute atomic E-state index is 13.1. The number of carbonyl (C=O) groups is 1. The molecule has 0 radical (unpaired) electrons. The van der Waals surface area contributed by atoms with Gasteiger partial charge in [-0.2, -0.15) is 0 Å². The number of rotatable bonds is 6. The van der Waals surface area contributed by atoms with E-state index in [9.17, 15) is 4.79 Å². The average molecular weight is 315 g/mol. The molecule has 1 amide bonds. The summed E-state index contributed by atoms with van der Waals surface area (Å²) in [7, 11) is 1.68. The number of amides is 1. The Bertz CT molecular complexity index is 592. The van der Waals surface area contributed by atoms with E-state index in [0.29, 0.717) is 0 Å². The van der Waals surface area contributed by atoms with Crippen molar-refractivity contribution in [1.82, 2.24) is 4.90 Å². The predicted octanol–water partition coefficient (Wildman–Crippen LogP) is 2.75. The van der Waals surface area contributed by atoms with Crippen LogP contribution in [0.1, 0.15) is 37.7 Å². The Morgan fingerprint density at radius 1 is 1.26 bits per heavy atom. The molecule has 4 heteroatoms. The monoisotopic (exact) mass is 315 g/mol. The third-order valence-corrected chi connectivity index (χ3v) is 5.48. The highest BCUT2D eigenvalue weighted by Gasteiger charge is 2.55. The van der Waals surface area contributed by atoms with Crippen molar-refractivity contribution in [3.05, 3.63) is 29.8 Å². The van der Waals surface area contributed by atoms with E-state index in [0.717, 1.165) is 56.2 Å². The van der Waals surface area contributed by atoms with Gasteiger partial charge >= 0.3 is 0 Å². The number of ether oxygens (including phenoxy) is 2. The lowest BCUT2D eigenvalue weighted by Gasteiger charge is -2.24. The van der Waals surface area contributed by atoms with Crippen LogP contribution in [-0.4, -0.2) is 43.7 Å². The summed E-state index contributed by atoms with van der Waals surface area (Å²) in [5, 5.41) is 0. The predicted molar refractivity (Wildman–Crippen MR) is 87.6 cm³/mol.